The van der Waals surface area contributed by atoms with Gasteiger partial charge in [-0.1, -0.05) is 24.3 Å². The van der Waals surface area contributed by atoms with E-state index in [0.29, 0.717) is 19.8 Å². The summed E-state index contributed by atoms with van der Waals surface area (Å²) in [4.78, 5) is 28.4. The Morgan fingerprint density at radius 1 is 0.649 bits per heavy atom. The zero-order chi connectivity index (χ0) is 39.0. The Morgan fingerprint density at radius 3 is 1.82 bits per heavy atom. The Balaban J connectivity index is 0.000000177. The van der Waals surface area contributed by atoms with Gasteiger partial charge in [0, 0.05) is 97.8 Å². The molecule has 57 heavy (non-hydrogen) atoms. The van der Waals surface area contributed by atoms with Crippen LogP contribution in [0, 0.1) is 0 Å². The average molecular weight is 787 g/mol. The monoisotopic (exact) mass is 787 g/mol. The van der Waals surface area contributed by atoms with E-state index in [-0.39, 0.29) is 11.3 Å². The normalized spacial score (nSPS) is 21.6. The second kappa shape index (κ2) is 21.5. The minimum atomic E-state index is -0.469. The highest BCUT2D eigenvalue weighted by Crippen LogP contribution is 2.40. The van der Waals surface area contributed by atoms with Crippen LogP contribution in [0.3, 0.4) is 0 Å². The summed E-state index contributed by atoms with van der Waals surface area (Å²) < 4.78 is 28.7. The first kappa shape index (κ1) is 41.6. The highest BCUT2D eigenvalue weighted by Gasteiger charge is 2.44. The summed E-state index contributed by atoms with van der Waals surface area (Å²) in [6, 6.07) is 16.8. The number of ether oxygens (including phenoxy) is 5. The molecule has 0 radical (unpaired) electrons. The zero-order valence-electron chi connectivity index (χ0n) is 34.1. The van der Waals surface area contributed by atoms with Crippen molar-refractivity contribution in [3.05, 3.63) is 77.9 Å². The molecule has 8 rings (SSSR count). The number of hydrogen-bond acceptors (Lipinski definition) is 10. The molecular weight excluding hydrogens is 721 g/mol. The van der Waals surface area contributed by atoms with Gasteiger partial charge in [-0.05, 0) is 106 Å². The third kappa shape index (κ3) is 11.2. The van der Waals surface area contributed by atoms with E-state index in [4.69, 9.17) is 23.7 Å². The quantitative estimate of drug-likeness (QED) is 0.216. The molecule has 0 bridgehead atoms. The summed E-state index contributed by atoms with van der Waals surface area (Å²) in [7, 11) is 0. The van der Waals surface area contributed by atoms with Crippen LogP contribution in [0.5, 0.6) is 11.5 Å². The number of carbonyl (C=O) groups is 1. The van der Waals surface area contributed by atoms with Gasteiger partial charge in [-0.15, -0.1) is 0 Å². The number of benzene rings is 2. The fourth-order valence-electron chi connectivity index (χ4n) is 9.15. The smallest absolute Gasteiger partial charge is 0.233 e. The van der Waals surface area contributed by atoms with E-state index < -0.39 is 5.41 Å². The van der Waals surface area contributed by atoms with Crippen molar-refractivity contribution in [3.63, 3.8) is 0 Å². The fourth-order valence-corrected chi connectivity index (χ4v) is 9.15. The zero-order valence-corrected chi connectivity index (χ0v) is 34.1. The number of hydrogen-bond donors (Lipinski definition) is 2. The van der Waals surface area contributed by atoms with E-state index >= 15 is 0 Å². The van der Waals surface area contributed by atoms with E-state index in [0.717, 1.165) is 153 Å². The summed E-state index contributed by atoms with van der Waals surface area (Å²) in [5.74, 6) is 3.13. The van der Waals surface area contributed by atoms with Gasteiger partial charge in [-0.2, -0.15) is 0 Å². The lowest BCUT2D eigenvalue weighted by atomic mass is 9.73. The lowest BCUT2D eigenvalue weighted by molar-refractivity contribution is -0.142. The van der Waals surface area contributed by atoms with Gasteiger partial charge in [-0.25, -0.2) is 4.98 Å². The number of carbonyl (C=O) groups excluding carboxylic acids is 1. The summed E-state index contributed by atoms with van der Waals surface area (Å²) in [6.45, 7) is 16.2. The highest BCUT2D eigenvalue weighted by molar-refractivity contribution is 5.88. The summed E-state index contributed by atoms with van der Waals surface area (Å²) in [5, 5.41) is 3.34. The van der Waals surface area contributed by atoms with Crippen molar-refractivity contribution < 1.29 is 28.5 Å². The number of aromatic amines is 1. The third-order valence-electron chi connectivity index (χ3n) is 12.6. The lowest BCUT2D eigenvalue weighted by Gasteiger charge is -2.41. The molecular formula is C45H66N6O6. The summed E-state index contributed by atoms with van der Waals surface area (Å²) >= 11 is 0. The first-order valence-corrected chi connectivity index (χ1v) is 21.8. The molecule has 5 aliphatic heterocycles. The minimum absolute atomic E-state index is 0.0734. The molecule has 3 aromatic rings. The van der Waals surface area contributed by atoms with Crippen LogP contribution in [0.1, 0.15) is 74.7 Å². The molecule has 0 atom stereocenters. The number of rotatable bonds is 14. The maximum atomic E-state index is 13.5. The maximum absolute atomic E-state index is 13.5. The topological polar surface area (TPSA) is 114 Å². The molecule has 5 fully saturated rings. The van der Waals surface area contributed by atoms with Crippen LogP contribution in [0.2, 0.25) is 0 Å². The van der Waals surface area contributed by atoms with Crippen LogP contribution in [0.4, 0.5) is 0 Å². The van der Waals surface area contributed by atoms with Gasteiger partial charge in [0.1, 0.15) is 17.3 Å². The van der Waals surface area contributed by atoms with Gasteiger partial charge in [-0.3, -0.25) is 4.79 Å². The molecule has 0 aliphatic carbocycles. The molecule has 5 saturated heterocycles. The van der Waals surface area contributed by atoms with Crippen molar-refractivity contribution in [2.45, 2.75) is 68.6 Å². The molecule has 2 N–H and O–H groups in total. The fraction of sp³-hybridized carbons (Fsp3) is 0.644. The molecule has 12 heteroatoms. The Hall–Kier alpha value is -3.52. The van der Waals surface area contributed by atoms with E-state index in [1.807, 2.05) is 29.4 Å². The first-order chi connectivity index (χ1) is 28.1. The third-order valence-corrected chi connectivity index (χ3v) is 12.6. The first-order valence-electron chi connectivity index (χ1n) is 21.8. The van der Waals surface area contributed by atoms with Gasteiger partial charge in [0.25, 0.3) is 0 Å². The average Bonchev–Trinajstić information content (AvgIpc) is 3.97. The minimum Gasteiger partial charge on any atom is -0.494 e. The van der Waals surface area contributed by atoms with Crippen molar-refractivity contribution >= 4 is 5.91 Å². The standard InChI is InChI=1S/C24H37N3O4.C21H29N3O2/c28-23(27-13-9-25-10-14-27)24(7-18-30-19-8-24)21-3-5-22(6-4-21)31-17-2-12-26-11-1-16-29-20-15-26;1-2-13-24(12-1)14-3-15-26-19-6-4-18(5-7-19)21(8-16-25-17-9-21)20-22-10-11-23-20/h3-6,25H,1-2,7-20H2;4-7,10-11H,1-3,8-9,12-17H2,(H,22,23). The molecule has 0 unspecified atom stereocenters. The number of piperazine rings is 1. The van der Waals surface area contributed by atoms with Gasteiger partial charge >= 0.3 is 0 Å². The van der Waals surface area contributed by atoms with Crippen LogP contribution in [0.15, 0.2) is 60.9 Å². The molecule has 2 aromatic carbocycles. The van der Waals surface area contributed by atoms with Crippen molar-refractivity contribution in [1.82, 2.24) is 30.0 Å². The Bertz CT molecular complexity index is 1570. The van der Waals surface area contributed by atoms with Gasteiger partial charge in [0.15, 0.2) is 0 Å². The second-order valence-electron chi connectivity index (χ2n) is 16.2. The number of imidazole rings is 1. The number of amides is 1. The Labute approximate surface area is 339 Å². The van der Waals surface area contributed by atoms with Crippen LogP contribution in [0.25, 0.3) is 0 Å². The van der Waals surface area contributed by atoms with Gasteiger partial charge < -0.3 is 48.7 Å². The maximum Gasteiger partial charge on any atom is 0.233 e. The van der Waals surface area contributed by atoms with E-state index in [2.05, 4.69) is 61.5 Å². The molecule has 0 saturated carbocycles. The second-order valence-corrected chi connectivity index (χ2v) is 16.2. The summed E-state index contributed by atoms with van der Waals surface area (Å²) in [5.41, 5.74) is 1.84. The number of likely N-dealkylation sites (tertiary alicyclic amines) is 1. The number of nitrogens with zero attached hydrogens (tertiary/aromatic N) is 4. The lowest BCUT2D eigenvalue weighted by Crippen LogP contribution is -2.55. The van der Waals surface area contributed by atoms with Crippen LogP contribution < -0.4 is 14.8 Å². The summed E-state index contributed by atoms with van der Waals surface area (Å²) in [6.07, 6.45) is 13.1. The molecule has 12 nitrogen and oxygen atoms in total. The molecule has 312 valence electrons. The highest BCUT2D eigenvalue weighted by atomic mass is 16.5. The SMILES string of the molecule is O=C(N1CCNCC1)C1(c2ccc(OCCCN3CCCOCC3)cc2)CCOCC1.c1c[nH]c(C2(c3ccc(OCCCN4CCCC4)cc3)CCOCC2)n1. The van der Waals surface area contributed by atoms with E-state index in [1.165, 1.54) is 31.5 Å². The largest absolute Gasteiger partial charge is 0.494 e. The van der Waals surface area contributed by atoms with E-state index in [1.54, 1.807) is 0 Å². The van der Waals surface area contributed by atoms with Crippen LogP contribution in [-0.2, 0) is 29.8 Å². The van der Waals surface area contributed by atoms with E-state index in [9.17, 15) is 4.79 Å². The number of H-pyrrole nitrogens is 1. The Kier molecular flexibility index (Phi) is 15.7. The van der Waals surface area contributed by atoms with Crippen molar-refractivity contribution in [2.75, 3.05) is 118 Å². The van der Waals surface area contributed by atoms with Gasteiger partial charge in [0.05, 0.1) is 30.7 Å². The van der Waals surface area contributed by atoms with Crippen molar-refractivity contribution in [3.8, 4) is 11.5 Å². The van der Waals surface area contributed by atoms with Crippen molar-refractivity contribution in [1.29, 1.82) is 0 Å². The predicted molar refractivity (Wildman–Crippen MR) is 221 cm³/mol. The van der Waals surface area contributed by atoms with Crippen LogP contribution in [-0.4, -0.2) is 149 Å². The number of nitrogens with one attached hydrogen (secondary N) is 2. The molecule has 5 aliphatic rings. The molecule has 1 amide bonds. The number of aromatic nitrogens is 2. The Morgan fingerprint density at radius 2 is 1.21 bits per heavy atom. The van der Waals surface area contributed by atoms with Crippen molar-refractivity contribution in [2.24, 2.45) is 0 Å². The molecule has 6 heterocycles. The molecule has 0 spiro atoms. The van der Waals surface area contributed by atoms with Gasteiger partial charge in [0.2, 0.25) is 5.91 Å². The predicted octanol–water partition coefficient (Wildman–Crippen LogP) is 5.03. The molecule has 1 aromatic heterocycles. The van der Waals surface area contributed by atoms with Crippen LogP contribution >= 0.6 is 0 Å².